The highest BCUT2D eigenvalue weighted by atomic mass is 16.2. The predicted molar refractivity (Wildman–Crippen MR) is 104 cm³/mol. The van der Waals surface area contributed by atoms with E-state index in [4.69, 9.17) is 0 Å². The average molecular weight is 357 g/mol. The molecule has 1 aromatic carbocycles. The maximum absolute atomic E-state index is 12.7. The Balaban J connectivity index is 1.64. The van der Waals surface area contributed by atoms with Crippen molar-refractivity contribution in [3.8, 4) is 0 Å². The molecule has 1 atom stereocenters. The van der Waals surface area contributed by atoms with Crippen molar-refractivity contribution < 1.29 is 9.59 Å². The molecule has 2 N–H and O–H groups in total. The van der Waals surface area contributed by atoms with Gasteiger partial charge in [0.25, 0.3) is 0 Å². The summed E-state index contributed by atoms with van der Waals surface area (Å²) in [6.07, 6.45) is 9.50. The lowest BCUT2D eigenvalue weighted by Crippen LogP contribution is -2.42. The minimum absolute atomic E-state index is 0.0204. The molecule has 0 bridgehead atoms. The molecule has 1 heterocycles. The van der Waals surface area contributed by atoms with Crippen molar-refractivity contribution in [1.82, 2.24) is 10.2 Å². The SMILES string of the molecule is CN(Cc1ccccc1NC(=O)[C@@H]1CCCCC(=O)N1)C1CCCCC1. The van der Waals surface area contributed by atoms with Crippen molar-refractivity contribution in [2.45, 2.75) is 76.4 Å². The Labute approximate surface area is 156 Å². The maximum atomic E-state index is 12.7. The zero-order valence-electron chi connectivity index (χ0n) is 15.8. The fourth-order valence-corrected chi connectivity index (χ4v) is 4.09. The van der Waals surface area contributed by atoms with Gasteiger partial charge in [0.15, 0.2) is 0 Å². The maximum Gasteiger partial charge on any atom is 0.246 e. The molecule has 5 heteroatoms. The largest absolute Gasteiger partial charge is 0.344 e. The number of carbonyl (C=O) groups excluding carboxylic acids is 2. The molecular formula is C21H31N3O2. The van der Waals surface area contributed by atoms with Crippen LogP contribution in [0.15, 0.2) is 24.3 Å². The first-order valence-electron chi connectivity index (χ1n) is 10.0. The Bertz CT molecular complexity index is 625. The van der Waals surface area contributed by atoms with E-state index in [0.29, 0.717) is 18.9 Å². The predicted octanol–water partition coefficient (Wildman–Crippen LogP) is 3.45. The third-order valence-electron chi connectivity index (χ3n) is 5.69. The lowest BCUT2D eigenvalue weighted by atomic mass is 9.94. The lowest BCUT2D eigenvalue weighted by Gasteiger charge is -2.31. The summed E-state index contributed by atoms with van der Waals surface area (Å²) in [5.74, 6) is -0.124. The van der Waals surface area contributed by atoms with Crippen LogP contribution in [0, 0.1) is 0 Å². The second-order valence-corrected chi connectivity index (χ2v) is 7.72. The van der Waals surface area contributed by atoms with Gasteiger partial charge < -0.3 is 10.6 Å². The highest BCUT2D eigenvalue weighted by molar-refractivity contribution is 5.97. The quantitative estimate of drug-likeness (QED) is 0.848. The third-order valence-corrected chi connectivity index (χ3v) is 5.69. The molecule has 1 aliphatic carbocycles. The van der Waals surface area contributed by atoms with Crippen molar-refractivity contribution in [2.24, 2.45) is 0 Å². The van der Waals surface area contributed by atoms with Crippen LogP contribution in [0.2, 0.25) is 0 Å². The van der Waals surface area contributed by atoms with E-state index < -0.39 is 6.04 Å². The standard InChI is InChI=1S/C21H31N3O2/c1-24(17-10-3-2-4-11-17)15-16-9-5-6-12-18(16)23-21(26)19-13-7-8-14-20(25)22-19/h5-6,9,12,17,19H,2-4,7-8,10-11,13-15H2,1H3,(H,22,25)(H,23,26)/t19-/m0/s1. The van der Waals surface area contributed by atoms with Crippen LogP contribution < -0.4 is 10.6 Å². The molecule has 0 radical (unpaired) electrons. The van der Waals surface area contributed by atoms with Crippen LogP contribution in [0.25, 0.3) is 0 Å². The molecular weight excluding hydrogens is 326 g/mol. The molecule has 2 amide bonds. The molecule has 0 unspecified atom stereocenters. The number of para-hydroxylation sites is 1. The fourth-order valence-electron chi connectivity index (χ4n) is 4.09. The molecule has 1 aromatic rings. The monoisotopic (exact) mass is 357 g/mol. The Hall–Kier alpha value is -1.88. The highest BCUT2D eigenvalue weighted by Crippen LogP contribution is 2.25. The Morgan fingerprint density at radius 1 is 1.12 bits per heavy atom. The van der Waals surface area contributed by atoms with E-state index in [1.165, 1.54) is 32.1 Å². The second kappa shape index (κ2) is 9.17. The van der Waals surface area contributed by atoms with Crippen LogP contribution in [-0.4, -0.2) is 35.8 Å². The molecule has 0 spiro atoms. The molecule has 26 heavy (non-hydrogen) atoms. The van der Waals surface area contributed by atoms with Gasteiger partial charge in [0.05, 0.1) is 0 Å². The highest BCUT2D eigenvalue weighted by Gasteiger charge is 2.24. The van der Waals surface area contributed by atoms with Crippen LogP contribution in [0.3, 0.4) is 0 Å². The number of benzene rings is 1. The number of nitrogens with one attached hydrogen (secondary N) is 2. The Kier molecular flexibility index (Phi) is 6.67. The molecule has 0 aromatic heterocycles. The van der Waals surface area contributed by atoms with E-state index in [2.05, 4.69) is 28.6 Å². The molecule has 3 rings (SSSR count). The Morgan fingerprint density at radius 3 is 2.65 bits per heavy atom. The van der Waals surface area contributed by atoms with E-state index in [-0.39, 0.29) is 11.8 Å². The second-order valence-electron chi connectivity index (χ2n) is 7.72. The smallest absolute Gasteiger partial charge is 0.246 e. The number of carbonyl (C=O) groups is 2. The average Bonchev–Trinajstić information content (AvgIpc) is 2.88. The molecule has 5 nitrogen and oxygen atoms in total. The van der Waals surface area contributed by atoms with Crippen LogP contribution in [0.4, 0.5) is 5.69 Å². The molecule has 2 fully saturated rings. The zero-order valence-corrected chi connectivity index (χ0v) is 15.8. The van der Waals surface area contributed by atoms with E-state index in [1.54, 1.807) is 0 Å². The first-order valence-corrected chi connectivity index (χ1v) is 10.0. The number of nitrogens with zero attached hydrogens (tertiary/aromatic N) is 1. The third kappa shape index (κ3) is 5.07. The summed E-state index contributed by atoms with van der Waals surface area (Å²) in [7, 11) is 2.18. The fraction of sp³-hybridized carbons (Fsp3) is 0.619. The van der Waals surface area contributed by atoms with Crippen LogP contribution in [0.1, 0.15) is 63.4 Å². The minimum Gasteiger partial charge on any atom is -0.344 e. The Morgan fingerprint density at radius 2 is 1.85 bits per heavy atom. The van der Waals surface area contributed by atoms with E-state index in [9.17, 15) is 9.59 Å². The molecule has 142 valence electrons. The van der Waals surface area contributed by atoms with Gasteiger partial charge in [-0.1, -0.05) is 43.9 Å². The van der Waals surface area contributed by atoms with E-state index >= 15 is 0 Å². The summed E-state index contributed by atoms with van der Waals surface area (Å²) in [4.78, 5) is 26.8. The van der Waals surface area contributed by atoms with Crippen molar-refractivity contribution >= 4 is 17.5 Å². The summed E-state index contributed by atoms with van der Waals surface area (Å²) in [5, 5.41) is 5.91. The summed E-state index contributed by atoms with van der Waals surface area (Å²) < 4.78 is 0. The van der Waals surface area contributed by atoms with Gasteiger partial charge in [-0.3, -0.25) is 14.5 Å². The number of hydrogen-bond acceptors (Lipinski definition) is 3. The normalized spacial score (nSPS) is 21.9. The van der Waals surface area contributed by atoms with Crippen LogP contribution in [0.5, 0.6) is 0 Å². The van der Waals surface area contributed by atoms with Gasteiger partial charge >= 0.3 is 0 Å². The van der Waals surface area contributed by atoms with E-state index in [0.717, 1.165) is 30.6 Å². The summed E-state index contributed by atoms with van der Waals surface area (Å²) in [6.45, 7) is 0.831. The van der Waals surface area contributed by atoms with Gasteiger partial charge in [-0.05, 0) is 44.4 Å². The molecule has 1 aliphatic heterocycles. The van der Waals surface area contributed by atoms with E-state index in [1.807, 2.05) is 18.2 Å². The van der Waals surface area contributed by atoms with Crippen molar-refractivity contribution in [3.05, 3.63) is 29.8 Å². The molecule has 1 saturated heterocycles. The summed E-state index contributed by atoms with van der Waals surface area (Å²) in [5.41, 5.74) is 1.99. The lowest BCUT2D eigenvalue weighted by molar-refractivity contribution is -0.125. The van der Waals surface area contributed by atoms with Gasteiger partial charge in [-0.15, -0.1) is 0 Å². The number of rotatable bonds is 5. The van der Waals surface area contributed by atoms with Crippen LogP contribution >= 0.6 is 0 Å². The topological polar surface area (TPSA) is 61.4 Å². The molecule has 2 aliphatic rings. The molecule has 1 saturated carbocycles. The number of hydrogen-bond donors (Lipinski definition) is 2. The van der Waals surface area contributed by atoms with Gasteiger partial charge in [-0.25, -0.2) is 0 Å². The number of anilines is 1. The summed E-state index contributed by atoms with van der Waals surface area (Å²) >= 11 is 0. The van der Waals surface area contributed by atoms with Gasteiger partial charge in [0, 0.05) is 24.7 Å². The van der Waals surface area contributed by atoms with Gasteiger partial charge in [-0.2, -0.15) is 0 Å². The first-order chi connectivity index (χ1) is 12.6. The van der Waals surface area contributed by atoms with Crippen LogP contribution in [-0.2, 0) is 16.1 Å². The zero-order chi connectivity index (χ0) is 18.4. The number of amides is 2. The summed E-state index contributed by atoms with van der Waals surface area (Å²) in [6, 6.07) is 8.22. The van der Waals surface area contributed by atoms with Crippen molar-refractivity contribution in [1.29, 1.82) is 0 Å². The van der Waals surface area contributed by atoms with Crippen molar-refractivity contribution in [3.63, 3.8) is 0 Å². The van der Waals surface area contributed by atoms with Gasteiger partial charge in [0.2, 0.25) is 11.8 Å². The minimum atomic E-state index is -0.422. The van der Waals surface area contributed by atoms with Gasteiger partial charge in [0.1, 0.15) is 6.04 Å². The first kappa shape index (κ1) is 18.9. The van der Waals surface area contributed by atoms with Crippen molar-refractivity contribution in [2.75, 3.05) is 12.4 Å².